The number of nitrogens with zero attached hydrogens (tertiary/aromatic N) is 2. The summed E-state index contributed by atoms with van der Waals surface area (Å²) in [7, 11) is 3.45. The monoisotopic (exact) mass is 534 g/mol. The summed E-state index contributed by atoms with van der Waals surface area (Å²) >= 11 is 1.60. The zero-order valence-electron chi connectivity index (χ0n) is 22.5. The molecule has 8 heteroatoms. The van der Waals surface area contributed by atoms with E-state index in [0.29, 0.717) is 6.54 Å². The van der Waals surface area contributed by atoms with Crippen molar-refractivity contribution in [2.75, 3.05) is 20.7 Å². The number of rotatable bonds is 8. The molecule has 1 aliphatic carbocycles. The number of thiazole rings is 1. The molecule has 1 saturated heterocycles. The molecule has 3 atom stereocenters. The normalized spacial score (nSPS) is 19.9. The Kier molecular flexibility index (Phi) is 8.29. The van der Waals surface area contributed by atoms with Crippen LogP contribution in [0.1, 0.15) is 62.9 Å². The molecule has 2 amide bonds. The molecule has 2 fully saturated rings. The summed E-state index contributed by atoms with van der Waals surface area (Å²) in [6.45, 7) is 2.52. The van der Waals surface area contributed by atoms with Crippen LogP contribution in [0, 0.1) is 5.92 Å². The first-order valence-electron chi connectivity index (χ1n) is 13.8. The maximum Gasteiger partial charge on any atom is 0.246 e. The van der Waals surface area contributed by atoms with Crippen molar-refractivity contribution >= 4 is 33.9 Å². The first-order chi connectivity index (χ1) is 18.5. The van der Waals surface area contributed by atoms with Crippen LogP contribution in [0.15, 0.2) is 41.8 Å². The van der Waals surface area contributed by atoms with Gasteiger partial charge in [-0.2, -0.15) is 0 Å². The van der Waals surface area contributed by atoms with Crippen molar-refractivity contribution in [3.63, 3.8) is 0 Å². The lowest BCUT2D eigenvalue weighted by Crippen LogP contribution is -2.55. The molecule has 38 heavy (non-hydrogen) atoms. The quantitative estimate of drug-likeness (QED) is 0.409. The standard InChI is InChI=1S/C30H38N4O3S/c1-19(31-2)28(35)33-27(21-11-5-4-6-12-21)30(36)34-17-9-14-24(34)29-32-23(18-38-29)26-22-13-8-7-10-20(22)15-16-25(26)37-3/h7-8,10,13,15-16,18-19,21,24,27,31H,4-6,9,11-12,14,17H2,1-3H3,(H,33,35)/t19-,24-,27-/m0/s1. The number of methoxy groups -OCH3 is 1. The van der Waals surface area contributed by atoms with Gasteiger partial charge < -0.3 is 20.3 Å². The lowest BCUT2D eigenvalue weighted by molar-refractivity contribution is -0.139. The van der Waals surface area contributed by atoms with E-state index < -0.39 is 6.04 Å². The average Bonchev–Trinajstić information content (AvgIpc) is 3.65. The van der Waals surface area contributed by atoms with Gasteiger partial charge in [0.15, 0.2) is 0 Å². The molecular formula is C30H38N4O3S. The summed E-state index contributed by atoms with van der Waals surface area (Å²) in [6.07, 6.45) is 7.18. The van der Waals surface area contributed by atoms with Gasteiger partial charge in [-0.25, -0.2) is 4.98 Å². The molecule has 0 radical (unpaired) electrons. The number of benzene rings is 2. The van der Waals surface area contributed by atoms with Crippen LogP contribution < -0.4 is 15.4 Å². The van der Waals surface area contributed by atoms with Crippen LogP contribution in [0.4, 0.5) is 0 Å². The van der Waals surface area contributed by atoms with E-state index in [4.69, 9.17) is 9.72 Å². The van der Waals surface area contributed by atoms with Gasteiger partial charge in [-0.3, -0.25) is 9.59 Å². The fraction of sp³-hybridized carbons (Fsp3) is 0.500. The first kappa shape index (κ1) is 26.6. The zero-order valence-corrected chi connectivity index (χ0v) is 23.4. The lowest BCUT2D eigenvalue weighted by Gasteiger charge is -2.35. The molecule has 202 valence electrons. The second kappa shape index (κ2) is 11.8. The Morgan fingerprint density at radius 3 is 2.63 bits per heavy atom. The van der Waals surface area contributed by atoms with E-state index in [1.807, 2.05) is 30.0 Å². The van der Waals surface area contributed by atoms with Crippen molar-refractivity contribution in [1.29, 1.82) is 0 Å². The molecule has 2 aromatic carbocycles. The van der Waals surface area contributed by atoms with E-state index >= 15 is 0 Å². The van der Waals surface area contributed by atoms with Crippen LogP contribution >= 0.6 is 11.3 Å². The van der Waals surface area contributed by atoms with Crippen molar-refractivity contribution in [2.24, 2.45) is 5.92 Å². The van der Waals surface area contributed by atoms with Crippen molar-refractivity contribution in [1.82, 2.24) is 20.5 Å². The molecule has 7 nitrogen and oxygen atoms in total. The minimum atomic E-state index is -0.489. The number of nitrogens with one attached hydrogen (secondary N) is 2. The summed E-state index contributed by atoms with van der Waals surface area (Å²) < 4.78 is 5.72. The van der Waals surface area contributed by atoms with E-state index in [-0.39, 0.29) is 29.8 Å². The van der Waals surface area contributed by atoms with E-state index in [9.17, 15) is 9.59 Å². The summed E-state index contributed by atoms with van der Waals surface area (Å²) in [4.78, 5) is 34.0. The summed E-state index contributed by atoms with van der Waals surface area (Å²) in [5.41, 5.74) is 1.86. The second-order valence-electron chi connectivity index (χ2n) is 10.5. The van der Waals surface area contributed by atoms with Crippen LogP contribution in [0.5, 0.6) is 5.75 Å². The molecule has 3 aromatic rings. The lowest BCUT2D eigenvalue weighted by atomic mass is 9.83. The minimum absolute atomic E-state index is 0.0375. The van der Waals surface area contributed by atoms with E-state index in [0.717, 1.165) is 71.3 Å². The zero-order chi connectivity index (χ0) is 26.6. The van der Waals surface area contributed by atoms with Crippen LogP contribution in [0.2, 0.25) is 0 Å². The molecule has 2 heterocycles. The van der Waals surface area contributed by atoms with Crippen molar-refractivity contribution < 1.29 is 14.3 Å². The fourth-order valence-corrected chi connectivity index (χ4v) is 6.92. The number of hydrogen-bond acceptors (Lipinski definition) is 6. The van der Waals surface area contributed by atoms with Gasteiger partial charge in [0, 0.05) is 11.9 Å². The number of carbonyl (C=O) groups excluding carboxylic acids is 2. The largest absolute Gasteiger partial charge is 0.496 e. The molecule has 1 aliphatic heterocycles. The Morgan fingerprint density at radius 2 is 1.87 bits per heavy atom. The number of likely N-dealkylation sites (N-methyl/N-ethyl adjacent to an activating group) is 1. The Bertz CT molecular complexity index is 1290. The highest BCUT2D eigenvalue weighted by Crippen LogP contribution is 2.41. The predicted octanol–water partition coefficient (Wildman–Crippen LogP) is 5.31. The topological polar surface area (TPSA) is 83.6 Å². The van der Waals surface area contributed by atoms with Gasteiger partial charge in [0.25, 0.3) is 0 Å². The average molecular weight is 535 g/mol. The van der Waals surface area contributed by atoms with E-state index in [2.05, 4.69) is 34.2 Å². The number of hydrogen-bond donors (Lipinski definition) is 2. The number of fused-ring (bicyclic) bond motifs is 1. The maximum atomic E-state index is 14.1. The van der Waals surface area contributed by atoms with Gasteiger partial charge in [-0.15, -0.1) is 11.3 Å². The SMILES string of the molecule is CN[C@@H](C)C(=O)N[C@H](C(=O)N1CCC[C@H]1c1nc(-c2c(OC)ccc3ccccc23)cs1)C1CCCCC1. The van der Waals surface area contributed by atoms with Crippen molar-refractivity contribution in [2.45, 2.75) is 70.0 Å². The van der Waals surface area contributed by atoms with Crippen LogP contribution in [-0.4, -0.2) is 54.5 Å². The summed E-state index contributed by atoms with van der Waals surface area (Å²) in [6, 6.07) is 11.4. The first-order valence-corrected chi connectivity index (χ1v) is 14.7. The van der Waals surface area contributed by atoms with Gasteiger partial charge in [0.1, 0.15) is 16.8 Å². The molecule has 2 aliphatic rings. The third-order valence-electron chi connectivity index (χ3n) is 8.22. The third-order valence-corrected chi connectivity index (χ3v) is 9.17. The minimum Gasteiger partial charge on any atom is -0.496 e. The Labute approximate surface area is 229 Å². The molecule has 0 spiro atoms. The molecule has 2 N–H and O–H groups in total. The Balaban J connectivity index is 1.43. The third kappa shape index (κ3) is 5.29. The van der Waals surface area contributed by atoms with Crippen LogP contribution in [-0.2, 0) is 9.59 Å². The molecule has 1 aromatic heterocycles. The highest BCUT2D eigenvalue weighted by Gasteiger charge is 2.40. The van der Waals surface area contributed by atoms with Gasteiger partial charge in [-0.1, -0.05) is 49.6 Å². The molecule has 1 saturated carbocycles. The number of likely N-dealkylation sites (tertiary alicyclic amines) is 1. The molecule has 5 rings (SSSR count). The maximum absolute atomic E-state index is 14.1. The van der Waals surface area contributed by atoms with Gasteiger partial charge in [0.05, 0.1) is 30.5 Å². The highest BCUT2D eigenvalue weighted by molar-refractivity contribution is 7.10. The van der Waals surface area contributed by atoms with E-state index in [1.165, 1.54) is 6.42 Å². The molecule has 0 bridgehead atoms. The van der Waals surface area contributed by atoms with Crippen molar-refractivity contribution in [3.05, 3.63) is 46.8 Å². The number of aromatic nitrogens is 1. The van der Waals surface area contributed by atoms with Crippen molar-refractivity contribution in [3.8, 4) is 17.0 Å². The van der Waals surface area contributed by atoms with E-state index in [1.54, 1.807) is 25.5 Å². The fourth-order valence-electron chi connectivity index (χ4n) is 5.97. The highest BCUT2D eigenvalue weighted by atomic mass is 32.1. The number of ether oxygens (including phenoxy) is 1. The molecular weight excluding hydrogens is 496 g/mol. The molecule has 0 unspecified atom stereocenters. The van der Waals surface area contributed by atoms with Gasteiger partial charge in [-0.05, 0) is 62.4 Å². The summed E-state index contributed by atoms with van der Waals surface area (Å²) in [5, 5.41) is 11.4. The number of amides is 2. The van der Waals surface area contributed by atoms with Gasteiger partial charge in [0.2, 0.25) is 11.8 Å². The van der Waals surface area contributed by atoms with Crippen LogP contribution in [0.3, 0.4) is 0 Å². The predicted molar refractivity (Wildman–Crippen MR) is 152 cm³/mol. The van der Waals surface area contributed by atoms with Gasteiger partial charge >= 0.3 is 0 Å². The summed E-state index contributed by atoms with van der Waals surface area (Å²) in [5.74, 6) is 0.887. The smallest absolute Gasteiger partial charge is 0.246 e. The Morgan fingerprint density at radius 1 is 1.08 bits per heavy atom. The number of carbonyl (C=O) groups is 2. The second-order valence-corrected chi connectivity index (χ2v) is 11.4. The Hall–Kier alpha value is -2.97. The van der Waals surface area contributed by atoms with Crippen LogP contribution in [0.25, 0.3) is 22.0 Å².